The van der Waals surface area contributed by atoms with Crippen LogP contribution < -0.4 is 11.1 Å². The van der Waals surface area contributed by atoms with E-state index in [0.29, 0.717) is 18.5 Å². The molecule has 1 aromatic rings. The number of amidine groups is 1. The SMILES string of the molecule is NC(CCCCNC(=O)Cc1cccc(F)c1)=NO. The fourth-order valence-electron chi connectivity index (χ4n) is 1.60. The molecule has 0 aliphatic heterocycles. The number of rotatable bonds is 7. The molecule has 0 unspecified atom stereocenters. The number of hydrogen-bond donors (Lipinski definition) is 3. The van der Waals surface area contributed by atoms with Crippen LogP contribution in [0.25, 0.3) is 0 Å². The maximum Gasteiger partial charge on any atom is 0.224 e. The van der Waals surface area contributed by atoms with Crippen molar-refractivity contribution in [2.24, 2.45) is 10.9 Å². The van der Waals surface area contributed by atoms with Gasteiger partial charge in [0, 0.05) is 13.0 Å². The van der Waals surface area contributed by atoms with Gasteiger partial charge in [0.25, 0.3) is 0 Å². The molecule has 0 aliphatic rings. The normalized spacial score (nSPS) is 11.3. The number of carbonyl (C=O) groups excluding carboxylic acids is 1. The Bertz CT molecular complexity index is 449. The van der Waals surface area contributed by atoms with E-state index in [2.05, 4.69) is 10.5 Å². The van der Waals surface area contributed by atoms with Crippen molar-refractivity contribution in [1.29, 1.82) is 0 Å². The van der Waals surface area contributed by atoms with Crippen molar-refractivity contribution in [1.82, 2.24) is 5.32 Å². The van der Waals surface area contributed by atoms with E-state index in [1.54, 1.807) is 12.1 Å². The van der Waals surface area contributed by atoms with Crippen molar-refractivity contribution < 1.29 is 14.4 Å². The quantitative estimate of drug-likeness (QED) is 0.229. The van der Waals surface area contributed by atoms with Gasteiger partial charge in [-0.2, -0.15) is 0 Å². The number of oxime groups is 1. The number of carbonyl (C=O) groups is 1. The van der Waals surface area contributed by atoms with E-state index in [1.165, 1.54) is 12.1 Å². The molecule has 19 heavy (non-hydrogen) atoms. The topological polar surface area (TPSA) is 87.7 Å². The van der Waals surface area contributed by atoms with Gasteiger partial charge in [-0.15, -0.1) is 0 Å². The molecule has 0 bridgehead atoms. The molecular formula is C13H18FN3O2. The summed E-state index contributed by atoms with van der Waals surface area (Å²) in [4.78, 5) is 11.6. The van der Waals surface area contributed by atoms with Crippen LogP contribution in [0.3, 0.4) is 0 Å². The van der Waals surface area contributed by atoms with E-state index < -0.39 is 0 Å². The third-order valence-corrected chi connectivity index (χ3v) is 2.56. The molecular weight excluding hydrogens is 249 g/mol. The molecule has 1 amide bonds. The number of nitrogens with one attached hydrogen (secondary N) is 1. The second-order valence-electron chi connectivity index (χ2n) is 4.21. The van der Waals surface area contributed by atoms with E-state index in [4.69, 9.17) is 10.9 Å². The van der Waals surface area contributed by atoms with Crippen LogP contribution >= 0.6 is 0 Å². The summed E-state index contributed by atoms with van der Waals surface area (Å²) in [6.07, 6.45) is 2.13. The van der Waals surface area contributed by atoms with Crippen LogP contribution in [0, 0.1) is 5.82 Å². The lowest BCUT2D eigenvalue weighted by Gasteiger charge is -2.05. The van der Waals surface area contributed by atoms with Crippen molar-refractivity contribution in [3.05, 3.63) is 35.6 Å². The van der Waals surface area contributed by atoms with Crippen LogP contribution in [-0.2, 0) is 11.2 Å². The van der Waals surface area contributed by atoms with Gasteiger partial charge in [-0.25, -0.2) is 4.39 Å². The number of hydrogen-bond acceptors (Lipinski definition) is 3. The fourth-order valence-corrected chi connectivity index (χ4v) is 1.60. The summed E-state index contributed by atoms with van der Waals surface area (Å²) < 4.78 is 12.9. The van der Waals surface area contributed by atoms with Crippen molar-refractivity contribution >= 4 is 11.7 Å². The third kappa shape index (κ3) is 6.40. The lowest BCUT2D eigenvalue weighted by molar-refractivity contribution is -0.120. The highest BCUT2D eigenvalue weighted by Crippen LogP contribution is 2.04. The predicted octanol–water partition coefficient (Wildman–Crippen LogP) is 1.40. The molecule has 4 N–H and O–H groups in total. The lowest BCUT2D eigenvalue weighted by Crippen LogP contribution is -2.26. The number of unbranched alkanes of at least 4 members (excludes halogenated alkanes) is 1. The van der Waals surface area contributed by atoms with Crippen molar-refractivity contribution in [3.63, 3.8) is 0 Å². The van der Waals surface area contributed by atoms with Crippen LogP contribution in [0.1, 0.15) is 24.8 Å². The molecule has 0 heterocycles. The first kappa shape index (κ1) is 14.9. The number of halogens is 1. The zero-order chi connectivity index (χ0) is 14.1. The second kappa shape index (κ2) is 8.07. The van der Waals surface area contributed by atoms with Gasteiger partial charge in [0.05, 0.1) is 6.42 Å². The Morgan fingerprint density at radius 3 is 2.89 bits per heavy atom. The molecule has 0 fully saturated rings. The molecule has 0 spiro atoms. The number of nitrogens with two attached hydrogens (primary N) is 1. The molecule has 0 atom stereocenters. The van der Waals surface area contributed by atoms with Gasteiger partial charge < -0.3 is 16.3 Å². The standard InChI is InChI=1S/C13H18FN3O2/c14-11-5-3-4-10(8-11)9-13(18)16-7-2-1-6-12(15)17-19/h3-5,8,19H,1-2,6-7,9H2,(H2,15,17)(H,16,18). The minimum Gasteiger partial charge on any atom is -0.409 e. The summed E-state index contributed by atoms with van der Waals surface area (Å²) in [5, 5.41) is 13.9. The summed E-state index contributed by atoms with van der Waals surface area (Å²) in [5.74, 6) is -0.301. The smallest absolute Gasteiger partial charge is 0.224 e. The molecule has 1 aromatic carbocycles. The van der Waals surface area contributed by atoms with Crippen LogP contribution in [0.2, 0.25) is 0 Å². The predicted molar refractivity (Wildman–Crippen MR) is 70.4 cm³/mol. The summed E-state index contributed by atoms with van der Waals surface area (Å²) in [6, 6.07) is 5.97. The zero-order valence-corrected chi connectivity index (χ0v) is 10.6. The average Bonchev–Trinajstić information content (AvgIpc) is 2.38. The molecule has 0 aromatic heterocycles. The van der Waals surface area contributed by atoms with Crippen molar-refractivity contribution in [2.45, 2.75) is 25.7 Å². The van der Waals surface area contributed by atoms with Gasteiger partial charge in [0.15, 0.2) is 0 Å². The summed E-state index contributed by atoms with van der Waals surface area (Å²) in [5.41, 5.74) is 5.96. The Kier molecular flexibility index (Phi) is 6.35. The van der Waals surface area contributed by atoms with Crippen molar-refractivity contribution in [2.75, 3.05) is 6.54 Å². The molecule has 104 valence electrons. The highest BCUT2D eigenvalue weighted by atomic mass is 19.1. The summed E-state index contributed by atoms with van der Waals surface area (Å²) in [6.45, 7) is 0.521. The van der Waals surface area contributed by atoms with Crippen molar-refractivity contribution in [3.8, 4) is 0 Å². The maximum atomic E-state index is 12.9. The molecule has 6 heteroatoms. The molecule has 0 aliphatic carbocycles. The second-order valence-corrected chi connectivity index (χ2v) is 4.21. The van der Waals surface area contributed by atoms with Gasteiger partial charge in [-0.05, 0) is 30.5 Å². The molecule has 1 rings (SSSR count). The van der Waals surface area contributed by atoms with Crippen LogP contribution in [-0.4, -0.2) is 23.5 Å². The molecule has 0 saturated carbocycles. The van der Waals surface area contributed by atoms with Gasteiger partial charge in [0.1, 0.15) is 11.7 Å². The van der Waals surface area contributed by atoms with E-state index in [0.717, 1.165) is 12.8 Å². The largest absolute Gasteiger partial charge is 0.409 e. The first-order valence-electron chi connectivity index (χ1n) is 6.09. The first-order valence-corrected chi connectivity index (χ1v) is 6.09. The molecule has 0 radical (unpaired) electrons. The van der Waals surface area contributed by atoms with Gasteiger partial charge >= 0.3 is 0 Å². The lowest BCUT2D eigenvalue weighted by atomic mass is 10.1. The Morgan fingerprint density at radius 2 is 2.21 bits per heavy atom. The van der Waals surface area contributed by atoms with Crippen LogP contribution in [0.15, 0.2) is 29.4 Å². The number of nitrogens with zero attached hydrogens (tertiary/aromatic N) is 1. The van der Waals surface area contributed by atoms with Gasteiger partial charge in [-0.3, -0.25) is 4.79 Å². The Labute approximate surface area is 111 Å². The molecule has 5 nitrogen and oxygen atoms in total. The summed E-state index contributed by atoms with van der Waals surface area (Å²) >= 11 is 0. The number of benzene rings is 1. The fraction of sp³-hybridized carbons (Fsp3) is 0.385. The third-order valence-electron chi connectivity index (χ3n) is 2.56. The van der Waals surface area contributed by atoms with E-state index in [9.17, 15) is 9.18 Å². The highest BCUT2D eigenvalue weighted by molar-refractivity contribution is 5.79. The Morgan fingerprint density at radius 1 is 1.42 bits per heavy atom. The minimum absolute atomic E-state index is 0.144. The van der Waals surface area contributed by atoms with E-state index in [1.807, 2.05) is 0 Å². The first-order chi connectivity index (χ1) is 9.11. The average molecular weight is 267 g/mol. The Balaban J connectivity index is 2.18. The Hall–Kier alpha value is -2.11. The molecule has 0 saturated heterocycles. The van der Waals surface area contributed by atoms with Gasteiger partial charge in [-0.1, -0.05) is 17.3 Å². The van der Waals surface area contributed by atoms with Crippen LogP contribution in [0.4, 0.5) is 4.39 Å². The minimum atomic E-state index is -0.343. The number of amides is 1. The maximum absolute atomic E-state index is 12.9. The van der Waals surface area contributed by atoms with E-state index in [-0.39, 0.29) is 24.0 Å². The highest BCUT2D eigenvalue weighted by Gasteiger charge is 2.03. The monoisotopic (exact) mass is 267 g/mol. The zero-order valence-electron chi connectivity index (χ0n) is 10.6. The van der Waals surface area contributed by atoms with Gasteiger partial charge in [0.2, 0.25) is 5.91 Å². The van der Waals surface area contributed by atoms with Crippen LogP contribution in [0.5, 0.6) is 0 Å². The summed E-state index contributed by atoms with van der Waals surface area (Å²) in [7, 11) is 0. The van der Waals surface area contributed by atoms with E-state index >= 15 is 0 Å².